The maximum atomic E-state index is 14.0. The van der Waals surface area contributed by atoms with Gasteiger partial charge in [0, 0.05) is 67.8 Å². The Kier molecular flexibility index (Phi) is 19.8. The van der Waals surface area contributed by atoms with Gasteiger partial charge in [0.05, 0.1) is 0 Å². The number of hydrogen-bond acceptors (Lipinski definition) is 11. The number of nitrogens with zero attached hydrogens (tertiary/aromatic N) is 3. The van der Waals surface area contributed by atoms with Crippen LogP contribution in [0.3, 0.4) is 0 Å². The predicted molar refractivity (Wildman–Crippen MR) is 213 cm³/mol. The molecular formula is C30H68FN3O11Si6. The third-order valence-electron chi connectivity index (χ3n) is 9.32. The van der Waals surface area contributed by atoms with Crippen LogP contribution in [0.5, 0.6) is 0 Å². The van der Waals surface area contributed by atoms with Crippen LogP contribution in [0.1, 0.15) is 25.7 Å². The molecule has 0 aliphatic carbocycles. The highest BCUT2D eigenvalue weighted by Gasteiger charge is 2.40. The van der Waals surface area contributed by atoms with Crippen molar-refractivity contribution in [2.75, 3.05) is 42.7 Å². The summed E-state index contributed by atoms with van der Waals surface area (Å²) in [6.45, 7) is 16.1. The van der Waals surface area contributed by atoms with E-state index in [0.29, 0.717) is 41.6 Å². The topological polar surface area (TPSA) is 140 Å². The van der Waals surface area contributed by atoms with Gasteiger partial charge in [-0.25, -0.2) is 32.5 Å². The Bertz CT molecular complexity index is 1270. The molecule has 300 valence electrons. The van der Waals surface area contributed by atoms with E-state index in [1.165, 1.54) is 0 Å². The molecule has 0 N–H and O–H groups in total. The van der Waals surface area contributed by atoms with Crippen molar-refractivity contribution in [3.63, 3.8) is 0 Å². The first-order valence-electron chi connectivity index (χ1n) is 17.8. The van der Waals surface area contributed by atoms with E-state index in [4.69, 9.17) is 34.8 Å². The zero-order chi connectivity index (χ0) is 39.3. The SMILES string of the molecule is CO[Si](CCC[Si](C)(C)O[Si](C)(C)CCCn1c(=O)n(CF)c(=O)n(CCC[Si](C)(C)O[Si](C)(C)CCC[Si](OC)(OC)OC)c1=O)(OC)OC. The predicted octanol–water partition coefficient (Wildman–Crippen LogP) is 5.27. The van der Waals surface area contributed by atoms with Gasteiger partial charge >= 0.3 is 34.7 Å². The number of halogens is 1. The molecule has 51 heavy (non-hydrogen) atoms. The van der Waals surface area contributed by atoms with Crippen molar-refractivity contribution in [2.24, 2.45) is 0 Å². The van der Waals surface area contributed by atoms with Gasteiger partial charge in [-0.15, -0.1) is 0 Å². The summed E-state index contributed by atoms with van der Waals surface area (Å²) in [4.78, 5) is 39.6. The second kappa shape index (κ2) is 20.8. The van der Waals surface area contributed by atoms with Crippen LogP contribution in [0.2, 0.25) is 88.6 Å². The van der Waals surface area contributed by atoms with E-state index in [1.807, 2.05) is 0 Å². The molecule has 0 saturated carbocycles. The largest absolute Gasteiger partial charge is 0.500 e. The lowest BCUT2D eigenvalue weighted by molar-refractivity contribution is 0.123. The lowest BCUT2D eigenvalue weighted by atomic mass is 10.4. The summed E-state index contributed by atoms with van der Waals surface area (Å²) in [5.74, 6) is 0. The Morgan fingerprint density at radius 1 is 0.431 bits per heavy atom. The van der Waals surface area contributed by atoms with Crippen molar-refractivity contribution in [2.45, 2.75) is 134 Å². The summed E-state index contributed by atoms with van der Waals surface area (Å²) < 4.78 is 63.3. The van der Waals surface area contributed by atoms with Crippen molar-refractivity contribution in [1.29, 1.82) is 0 Å². The van der Waals surface area contributed by atoms with Gasteiger partial charge in [-0.05, 0) is 102 Å². The van der Waals surface area contributed by atoms with Crippen molar-refractivity contribution >= 4 is 50.9 Å². The maximum absolute atomic E-state index is 14.0. The van der Waals surface area contributed by atoms with Crippen molar-refractivity contribution < 1.29 is 39.2 Å². The lowest BCUT2D eigenvalue weighted by Gasteiger charge is -2.35. The summed E-state index contributed by atoms with van der Waals surface area (Å²) in [6, 6.07) is 4.60. The van der Waals surface area contributed by atoms with Gasteiger partial charge in [-0.3, -0.25) is 0 Å². The molecule has 1 aromatic heterocycles. The molecule has 1 rings (SSSR count). The Hall–Kier alpha value is -0.679. The normalized spacial score (nSPS) is 13.7. The highest BCUT2D eigenvalue weighted by molar-refractivity contribution is 6.85. The zero-order valence-corrected chi connectivity index (χ0v) is 39.9. The van der Waals surface area contributed by atoms with Crippen LogP contribution >= 0.6 is 0 Å². The van der Waals surface area contributed by atoms with Crippen LogP contribution in [-0.4, -0.2) is 107 Å². The highest BCUT2D eigenvalue weighted by atomic mass is 28.4. The number of hydrogen-bond donors (Lipinski definition) is 0. The van der Waals surface area contributed by atoms with E-state index in [2.05, 4.69) is 52.4 Å². The first-order valence-corrected chi connectivity index (χ1v) is 34.1. The maximum Gasteiger partial charge on any atom is 0.500 e. The average molecular weight is 834 g/mol. The molecule has 21 heteroatoms. The second-order valence-electron chi connectivity index (χ2n) is 15.4. The van der Waals surface area contributed by atoms with Crippen LogP contribution in [0.15, 0.2) is 14.4 Å². The average Bonchev–Trinajstić information content (AvgIpc) is 3.04. The van der Waals surface area contributed by atoms with Gasteiger partial charge in [0.15, 0.2) is 40.1 Å². The van der Waals surface area contributed by atoms with Gasteiger partial charge < -0.3 is 34.8 Å². The van der Waals surface area contributed by atoms with Crippen LogP contribution in [-0.2, 0) is 54.7 Å². The molecule has 0 fully saturated rings. The summed E-state index contributed by atoms with van der Waals surface area (Å²) in [5, 5.41) is 0. The Labute approximate surface area is 311 Å². The minimum Gasteiger partial charge on any atom is -0.455 e. The van der Waals surface area contributed by atoms with Crippen LogP contribution in [0, 0.1) is 0 Å². The Morgan fingerprint density at radius 2 is 0.686 bits per heavy atom. The van der Waals surface area contributed by atoms with Gasteiger partial charge in [-0.1, -0.05) is 0 Å². The molecular weight excluding hydrogens is 766 g/mol. The van der Waals surface area contributed by atoms with Crippen LogP contribution in [0.4, 0.5) is 4.39 Å². The first kappa shape index (κ1) is 48.3. The van der Waals surface area contributed by atoms with E-state index in [0.717, 1.165) is 34.1 Å². The molecule has 0 bridgehead atoms. The molecule has 0 spiro atoms. The number of rotatable bonds is 27. The molecule has 0 aliphatic rings. The standard InChI is InChI=1S/C30H68FN3O11Si6/c1-38-50(39-2,40-3)25-17-23-48(11,12)44-46(7,8)21-15-19-32-28(35)33(30(37)34(27-31)29(32)36)20-16-22-47(9,10)45-49(13,14)24-18-26-51(41-4,42-5)43-6/h15-27H2,1-14H3. The molecule has 0 aliphatic heterocycles. The Balaban J connectivity index is 2.93. The van der Waals surface area contributed by atoms with Crippen LogP contribution in [0.25, 0.3) is 0 Å². The summed E-state index contributed by atoms with van der Waals surface area (Å²) >= 11 is 0. The van der Waals surface area contributed by atoms with E-state index in [9.17, 15) is 18.8 Å². The monoisotopic (exact) mass is 833 g/mol. The van der Waals surface area contributed by atoms with Gasteiger partial charge in [0.1, 0.15) is 0 Å². The minimum absolute atomic E-state index is 0.0753. The van der Waals surface area contributed by atoms with Gasteiger partial charge in [0.2, 0.25) is 0 Å². The third kappa shape index (κ3) is 15.2. The molecule has 14 nitrogen and oxygen atoms in total. The molecule has 1 heterocycles. The van der Waals surface area contributed by atoms with Gasteiger partial charge in [0.25, 0.3) is 0 Å². The molecule has 1 aromatic rings. The molecule has 0 aromatic carbocycles. The summed E-state index contributed by atoms with van der Waals surface area (Å²) in [7, 11) is -4.13. The van der Waals surface area contributed by atoms with Gasteiger partial charge in [-0.2, -0.15) is 0 Å². The lowest BCUT2D eigenvalue weighted by Crippen LogP contribution is -2.54. The Morgan fingerprint density at radius 3 is 0.941 bits per heavy atom. The summed E-state index contributed by atoms with van der Waals surface area (Å²) in [5.41, 5.74) is -2.55. The van der Waals surface area contributed by atoms with E-state index >= 15 is 0 Å². The van der Waals surface area contributed by atoms with Crippen molar-refractivity contribution in [3.05, 3.63) is 31.5 Å². The molecule has 0 unspecified atom stereocenters. The highest BCUT2D eigenvalue weighted by Crippen LogP contribution is 2.28. The van der Waals surface area contributed by atoms with Crippen LogP contribution < -0.4 is 17.1 Å². The van der Waals surface area contributed by atoms with E-state index in [1.54, 1.807) is 42.7 Å². The number of aromatic nitrogens is 3. The molecule has 0 atom stereocenters. The fourth-order valence-electron chi connectivity index (χ4n) is 6.77. The quantitative estimate of drug-likeness (QED) is 0.107. The number of alkyl halides is 1. The fraction of sp³-hybridized carbons (Fsp3) is 0.900. The first-order chi connectivity index (χ1) is 23.6. The molecule has 0 saturated heterocycles. The summed E-state index contributed by atoms with van der Waals surface area (Å²) in [6.07, 6.45) is 2.70. The van der Waals surface area contributed by atoms with E-state index in [-0.39, 0.29) is 13.1 Å². The third-order valence-corrected chi connectivity index (χ3v) is 30.1. The fourth-order valence-corrected chi connectivity index (χ4v) is 28.6. The smallest absolute Gasteiger partial charge is 0.455 e. The van der Waals surface area contributed by atoms with Crippen molar-refractivity contribution in [1.82, 2.24) is 13.7 Å². The van der Waals surface area contributed by atoms with Crippen molar-refractivity contribution in [3.8, 4) is 0 Å². The second-order valence-corrected chi connectivity index (χ2v) is 39.3. The molecule has 0 radical (unpaired) electrons. The minimum atomic E-state index is -2.65. The zero-order valence-electron chi connectivity index (χ0n) is 33.9. The van der Waals surface area contributed by atoms with E-state index < -0.39 is 74.7 Å². The molecule has 0 amide bonds.